The van der Waals surface area contributed by atoms with Gasteiger partial charge in [0, 0.05) is 13.1 Å². The summed E-state index contributed by atoms with van der Waals surface area (Å²) in [6.45, 7) is 6.21. The van der Waals surface area contributed by atoms with Gasteiger partial charge < -0.3 is 20.1 Å². The fraction of sp³-hybridized carbons (Fsp3) is 0.462. The van der Waals surface area contributed by atoms with Crippen molar-refractivity contribution in [2.24, 2.45) is 0 Å². The monoisotopic (exact) mass is 440 g/mol. The van der Waals surface area contributed by atoms with Crippen LogP contribution in [0.1, 0.15) is 73.1 Å². The van der Waals surface area contributed by atoms with Crippen LogP contribution >= 0.6 is 0 Å². The van der Waals surface area contributed by atoms with Crippen LogP contribution in [0.5, 0.6) is 11.5 Å². The number of hydrogen-bond acceptors (Lipinski definition) is 4. The molecule has 2 aromatic rings. The summed E-state index contributed by atoms with van der Waals surface area (Å²) in [6, 6.07) is 14.6. The van der Waals surface area contributed by atoms with Crippen molar-refractivity contribution in [3.05, 3.63) is 59.7 Å². The molecule has 0 saturated carbocycles. The highest BCUT2D eigenvalue weighted by Crippen LogP contribution is 2.18. The summed E-state index contributed by atoms with van der Waals surface area (Å²) >= 11 is 0. The molecule has 0 aliphatic rings. The summed E-state index contributed by atoms with van der Waals surface area (Å²) in [5, 5.41) is 5.95. The average molecular weight is 441 g/mol. The second-order valence-electron chi connectivity index (χ2n) is 7.49. The number of benzene rings is 2. The van der Waals surface area contributed by atoms with Gasteiger partial charge in [0.05, 0.1) is 24.3 Å². The van der Waals surface area contributed by atoms with Crippen LogP contribution in [0.4, 0.5) is 0 Å². The fourth-order valence-electron chi connectivity index (χ4n) is 3.42. The molecule has 2 amide bonds. The SMILES string of the molecule is CCOc1ccccc1C(=O)NCCCCCCCCNC(=O)c1ccccc1OCC. The molecular weight excluding hydrogens is 404 g/mol. The van der Waals surface area contributed by atoms with Crippen molar-refractivity contribution in [1.29, 1.82) is 0 Å². The molecule has 0 heterocycles. The first kappa shape index (κ1) is 25.2. The van der Waals surface area contributed by atoms with Gasteiger partial charge in [-0.15, -0.1) is 0 Å². The molecule has 6 nitrogen and oxygen atoms in total. The lowest BCUT2D eigenvalue weighted by molar-refractivity contribution is 0.0940. The number of nitrogens with one attached hydrogen (secondary N) is 2. The second-order valence-corrected chi connectivity index (χ2v) is 7.49. The third-order valence-electron chi connectivity index (χ3n) is 5.04. The lowest BCUT2D eigenvalue weighted by Crippen LogP contribution is -2.25. The maximum absolute atomic E-state index is 12.3. The van der Waals surface area contributed by atoms with Crippen molar-refractivity contribution in [2.45, 2.75) is 52.4 Å². The topological polar surface area (TPSA) is 76.7 Å². The maximum atomic E-state index is 12.3. The smallest absolute Gasteiger partial charge is 0.255 e. The normalized spacial score (nSPS) is 10.4. The summed E-state index contributed by atoms with van der Waals surface area (Å²) in [6.07, 6.45) is 6.28. The number of hydrogen-bond donors (Lipinski definition) is 2. The van der Waals surface area contributed by atoms with Crippen molar-refractivity contribution < 1.29 is 19.1 Å². The summed E-state index contributed by atoms with van der Waals surface area (Å²) in [5.74, 6) is 1.08. The van der Waals surface area contributed by atoms with Crippen molar-refractivity contribution in [2.75, 3.05) is 26.3 Å². The molecule has 174 valence electrons. The number of carbonyl (C=O) groups is 2. The molecule has 0 aliphatic carbocycles. The molecule has 0 spiro atoms. The molecule has 0 aromatic heterocycles. The molecule has 0 atom stereocenters. The van der Waals surface area contributed by atoms with Crippen molar-refractivity contribution in [3.8, 4) is 11.5 Å². The third-order valence-corrected chi connectivity index (χ3v) is 5.04. The quantitative estimate of drug-likeness (QED) is 0.383. The number of ether oxygens (including phenoxy) is 2. The fourth-order valence-corrected chi connectivity index (χ4v) is 3.42. The Kier molecular flexibility index (Phi) is 11.7. The standard InChI is InChI=1S/C26H36N2O4/c1-3-31-23-17-11-9-15-21(23)25(29)27-19-13-7-5-6-8-14-20-28-26(30)22-16-10-12-18-24(22)32-4-2/h9-12,15-18H,3-8,13-14,19-20H2,1-2H3,(H,27,29)(H,28,30). The molecular formula is C26H36N2O4. The van der Waals surface area contributed by atoms with E-state index < -0.39 is 0 Å². The van der Waals surface area contributed by atoms with Gasteiger partial charge in [0.1, 0.15) is 11.5 Å². The Balaban J connectivity index is 1.52. The lowest BCUT2D eigenvalue weighted by Gasteiger charge is -2.11. The minimum Gasteiger partial charge on any atom is -0.493 e. The number of unbranched alkanes of at least 4 members (excludes halogenated alkanes) is 5. The highest BCUT2D eigenvalue weighted by Gasteiger charge is 2.12. The Labute approximate surface area is 191 Å². The van der Waals surface area contributed by atoms with E-state index in [2.05, 4.69) is 10.6 Å². The summed E-state index contributed by atoms with van der Waals surface area (Å²) in [5.41, 5.74) is 1.17. The number of carbonyl (C=O) groups excluding carboxylic acids is 2. The van der Waals surface area contributed by atoms with Gasteiger partial charge in [-0.25, -0.2) is 0 Å². The molecule has 0 unspecified atom stereocenters. The predicted molar refractivity (Wildman–Crippen MR) is 128 cm³/mol. The molecule has 2 rings (SSSR count). The Bertz CT molecular complexity index is 769. The van der Waals surface area contributed by atoms with Crippen LogP contribution < -0.4 is 20.1 Å². The molecule has 0 bridgehead atoms. The second kappa shape index (κ2) is 14.9. The van der Waals surface area contributed by atoms with Crippen molar-refractivity contribution in [1.82, 2.24) is 10.6 Å². The largest absolute Gasteiger partial charge is 0.493 e. The van der Waals surface area contributed by atoms with Crippen LogP contribution in [0.25, 0.3) is 0 Å². The number of para-hydroxylation sites is 2. The first-order chi connectivity index (χ1) is 15.7. The van der Waals surface area contributed by atoms with Crippen LogP contribution in [0.15, 0.2) is 48.5 Å². The van der Waals surface area contributed by atoms with E-state index in [0.717, 1.165) is 38.5 Å². The van der Waals surface area contributed by atoms with E-state index >= 15 is 0 Å². The number of amides is 2. The van der Waals surface area contributed by atoms with Gasteiger partial charge in [-0.1, -0.05) is 49.9 Å². The molecule has 0 saturated heterocycles. The van der Waals surface area contributed by atoms with Crippen LogP contribution in [-0.2, 0) is 0 Å². The third kappa shape index (κ3) is 8.61. The number of rotatable bonds is 15. The Morgan fingerprint density at radius 2 is 1.00 bits per heavy atom. The molecule has 32 heavy (non-hydrogen) atoms. The molecule has 0 radical (unpaired) electrons. The zero-order chi connectivity index (χ0) is 23.0. The minimum atomic E-state index is -0.0873. The van der Waals surface area contributed by atoms with E-state index in [-0.39, 0.29) is 11.8 Å². The van der Waals surface area contributed by atoms with Gasteiger partial charge in [0.2, 0.25) is 0 Å². The molecule has 6 heteroatoms. The first-order valence-corrected chi connectivity index (χ1v) is 11.7. The Hall–Kier alpha value is -3.02. The zero-order valence-corrected chi connectivity index (χ0v) is 19.3. The highest BCUT2D eigenvalue weighted by atomic mass is 16.5. The van der Waals surface area contributed by atoms with E-state index in [4.69, 9.17) is 9.47 Å². The predicted octanol–water partition coefficient (Wildman–Crippen LogP) is 4.98. The van der Waals surface area contributed by atoms with Gasteiger partial charge in [-0.2, -0.15) is 0 Å². The van der Waals surface area contributed by atoms with E-state index in [0.29, 0.717) is 48.9 Å². The van der Waals surface area contributed by atoms with E-state index in [1.54, 1.807) is 12.1 Å². The maximum Gasteiger partial charge on any atom is 0.255 e. The minimum absolute atomic E-state index is 0.0873. The Morgan fingerprint density at radius 3 is 1.41 bits per heavy atom. The van der Waals surface area contributed by atoms with Gasteiger partial charge >= 0.3 is 0 Å². The van der Waals surface area contributed by atoms with Crippen molar-refractivity contribution in [3.63, 3.8) is 0 Å². The van der Waals surface area contributed by atoms with Crippen LogP contribution in [0.3, 0.4) is 0 Å². The van der Waals surface area contributed by atoms with E-state index in [9.17, 15) is 9.59 Å². The summed E-state index contributed by atoms with van der Waals surface area (Å²) in [7, 11) is 0. The van der Waals surface area contributed by atoms with Crippen molar-refractivity contribution >= 4 is 11.8 Å². The molecule has 2 N–H and O–H groups in total. The van der Waals surface area contributed by atoms with Gasteiger partial charge in [-0.05, 0) is 51.0 Å². The van der Waals surface area contributed by atoms with Crippen LogP contribution in [0.2, 0.25) is 0 Å². The van der Waals surface area contributed by atoms with E-state index in [1.165, 1.54) is 0 Å². The van der Waals surface area contributed by atoms with Crippen LogP contribution in [-0.4, -0.2) is 38.1 Å². The van der Waals surface area contributed by atoms with E-state index in [1.807, 2.05) is 50.2 Å². The van der Waals surface area contributed by atoms with Gasteiger partial charge in [0.15, 0.2) is 0 Å². The molecule has 0 fully saturated rings. The van der Waals surface area contributed by atoms with Gasteiger partial charge in [-0.3, -0.25) is 9.59 Å². The lowest BCUT2D eigenvalue weighted by atomic mass is 10.1. The average Bonchev–Trinajstić information content (AvgIpc) is 2.81. The summed E-state index contributed by atoms with van der Waals surface area (Å²) < 4.78 is 11.0. The zero-order valence-electron chi connectivity index (χ0n) is 19.3. The summed E-state index contributed by atoms with van der Waals surface area (Å²) in [4.78, 5) is 24.7. The molecule has 0 aliphatic heterocycles. The van der Waals surface area contributed by atoms with Gasteiger partial charge in [0.25, 0.3) is 11.8 Å². The highest BCUT2D eigenvalue weighted by molar-refractivity contribution is 5.97. The van der Waals surface area contributed by atoms with Crippen LogP contribution in [0, 0.1) is 0 Å². The molecule has 2 aromatic carbocycles. The Morgan fingerprint density at radius 1 is 0.625 bits per heavy atom. The first-order valence-electron chi connectivity index (χ1n) is 11.7.